The summed E-state index contributed by atoms with van der Waals surface area (Å²) in [5.41, 5.74) is 5.01. The molecule has 2 aliphatic rings. The van der Waals surface area contributed by atoms with Gasteiger partial charge in [-0.05, 0) is 42.9 Å². The third-order valence-electron chi connectivity index (χ3n) is 6.58. The fourth-order valence-electron chi connectivity index (χ4n) is 4.89. The molecule has 6 rings (SSSR count). The molecule has 0 saturated heterocycles. The Labute approximate surface area is 179 Å². The first-order chi connectivity index (χ1) is 15.3. The van der Waals surface area contributed by atoms with Crippen LogP contribution in [0.3, 0.4) is 0 Å². The molecule has 0 bridgehead atoms. The number of nitrogens with zero attached hydrogens (tertiary/aromatic N) is 4. The number of aliphatic imine (C=N–C) groups is 1. The molecule has 1 atom stereocenters. The second-order valence-corrected chi connectivity index (χ2v) is 8.57. The number of aromatic amines is 1. The lowest BCUT2D eigenvalue weighted by Gasteiger charge is -2.31. The van der Waals surface area contributed by atoms with Gasteiger partial charge in [0.25, 0.3) is 5.56 Å². The van der Waals surface area contributed by atoms with Crippen LogP contribution in [0.4, 0.5) is 0 Å². The van der Waals surface area contributed by atoms with Crippen molar-refractivity contribution >= 4 is 28.3 Å². The van der Waals surface area contributed by atoms with Gasteiger partial charge in [0.05, 0.1) is 17.9 Å². The summed E-state index contributed by atoms with van der Waals surface area (Å²) in [4.78, 5) is 29.0. The fraction of sp³-hybridized carbons (Fsp3) is 0.333. The maximum atomic E-state index is 12.8. The number of aromatic nitrogens is 4. The molecule has 1 unspecified atom stereocenters. The molecular formula is C24H24N6O. The molecule has 1 aliphatic heterocycles. The van der Waals surface area contributed by atoms with Crippen LogP contribution in [0.2, 0.25) is 0 Å². The van der Waals surface area contributed by atoms with Crippen LogP contribution < -0.4 is 10.9 Å². The van der Waals surface area contributed by atoms with Crippen LogP contribution in [-0.2, 0) is 6.54 Å². The number of pyridine rings is 1. The summed E-state index contributed by atoms with van der Waals surface area (Å²) in [5.74, 6) is 0. The molecule has 4 aromatic rings. The van der Waals surface area contributed by atoms with Gasteiger partial charge < -0.3 is 14.9 Å². The van der Waals surface area contributed by atoms with Gasteiger partial charge >= 0.3 is 0 Å². The van der Waals surface area contributed by atoms with E-state index in [9.17, 15) is 4.79 Å². The van der Waals surface area contributed by atoms with E-state index in [0.29, 0.717) is 12.1 Å². The van der Waals surface area contributed by atoms with Crippen LogP contribution in [-0.4, -0.2) is 31.8 Å². The normalized spacial score (nSPS) is 22.9. The van der Waals surface area contributed by atoms with Crippen molar-refractivity contribution in [2.45, 2.75) is 50.4 Å². The van der Waals surface area contributed by atoms with Gasteiger partial charge in [-0.25, -0.2) is 9.97 Å². The Kier molecular flexibility index (Phi) is 4.42. The summed E-state index contributed by atoms with van der Waals surface area (Å²) >= 11 is 0. The summed E-state index contributed by atoms with van der Waals surface area (Å²) < 4.78 is 1.95. The molecule has 2 N–H and O–H groups in total. The number of hydrogen-bond acceptors (Lipinski definition) is 5. The van der Waals surface area contributed by atoms with E-state index < -0.39 is 0 Å². The van der Waals surface area contributed by atoms with E-state index in [4.69, 9.17) is 0 Å². The number of hydrogen-bond donors (Lipinski definition) is 2. The number of fused-ring (bicyclic) bond motifs is 3. The predicted octanol–water partition coefficient (Wildman–Crippen LogP) is 3.67. The van der Waals surface area contributed by atoms with Crippen molar-refractivity contribution in [3.05, 3.63) is 70.4 Å². The predicted molar refractivity (Wildman–Crippen MR) is 121 cm³/mol. The number of nitrogens with one attached hydrogen (secondary N) is 2. The average Bonchev–Trinajstić information content (AvgIpc) is 3.55. The fourth-order valence-corrected chi connectivity index (χ4v) is 4.89. The molecule has 4 heterocycles. The quantitative estimate of drug-likeness (QED) is 0.523. The Balaban J connectivity index is 1.18. The monoisotopic (exact) mass is 412 g/mol. The molecule has 0 spiro atoms. The highest BCUT2D eigenvalue weighted by Crippen LogP contribution is 2.32. The Morgan fingerprint density at radius 1 is 1.10 bits per heavy atom. The third-order valence-corrected chi connectivity index (χ3v) is 6.58. The van der Waals surface area contributed by atoms with Gasteiger partial charge in [0.2, 0.25) is 0 Å². The smallest absolute Gasteiger partial charge is 0.269 e. The second-order valence-electron chi connectivity index (χ2n) is 8.57. The van der Waals surface area contributed by atoms with Gasteiger partial charge in [-0.2, -0.15) is 0 Å². The van der Waals surface area contributed by atoms with Gasteiger partial charge in [0, 0.05) is 36.4 Å². The second kappa shape index (κ2) is 7.42. The summed E-state index contributed by atoms with van der Waals surface area (Å²) in [6.45, 7) is 0.865. The van der Waals surface area contributed by atoms with E-state index in [1.807, 2.05) is 23.0 Å². The van der Waals surface area contributed by atoms with Crippen molar-refractivity contribution in [1.82, 2.24) is 24.8 Å². The first kappa shape index (κ1) is 18.4. The molecule has 0 radical (unpaired) electrons. The first-order valence-corrected chi connectivity index (χ1v) is 10.9. The van der Waals surface area contributed by atoms with Gasteiger partial charge in [-0.1, -0.05) is 24.3 Å². The zero-order valence-electron chi connectivity index (χ0n) is 17.2. The Bertz CT molecular complexity index is 1340. The average molecular weight is 412 g/mol. The van der Waals surface area contributed by atoms with Crippen LogP contribution in [0.5, 0.6) is 0 Å². The number of H-pyrrole nitrogens is 1. The van der Waals surface area contributed by atoms with Crippen LogP contribution in [0, 0.1) is 0 Å². The van der Waals surface area contributed by atoms with E-state index in [-0.39, 0.29) is 11.6 Å². The highest BCUT2D eigenvalue weighted by Gasteiger charge is 2.25. The van der Waals surface area contributed by atoms with E-state index in [1.165, 1.54) is 17.3 Å². The van der Waals surface area contributed by atoms with Crippen molar-refractivity contribution in [2.75, 3.05) is 0 Å². The molecule has 3 aromatic heterocycles. The molecule has 1 fully saturated rings. The summed E-state index contributed by atoms with van der Waals surface area (Å²) in [7, 11) is 0. The zero-order chi connectivity index (χ0) is 20.8. The molecule has 1 aliphatic carbocycles. The summed E-state index contributed by atoms with van der Waals surface area (Å²) in [6.07, 6.45) is 11.1. The Morgan fingerprint density at radius 3 is 2.81 bits per heavy atom. The maximum absolute atomic E-state index is 12.8. The van der Waals surface area contributed by atoms with E-state index >= 15 is 0 Å². The van der Waals surface area contributed by atoms with Crippen LogP contribution in [0.1, 0.15) is 48.9 Å². The van der Waals surface area contributed by atoms with Crippen molar-refractivity contribution in [3.63, 3.8) is 0 Å². The van der Waals surface area contributed by atoms with Crippen LogP contribution >= 0.6 is 0 Å². The summed E-state index contributed by atoms with van der Waals surface area (Å²) in [5, 5.41) is 4.68. The van der Waals surface area contributed by atoms with Crippen molar-refractivity contribution in [1.29, 1.82) is 0 Å². The van der Waals surface area contributed by atoms with Crippen LogP contribution in [0.25, 0.3) is 22.1 Å². The van der Waals surface area contributed by atoms with Crippen LogP contribution in [0.15, 0.2) is 58.7 Å². The molecule has 31 heavy (non-hydrogen) atoms. The minimum absolute atomic E-state index is 0.0308. The highest BCUT2D eigenvalue weighted by molar-refractivity contribution is 6.00. The summed E-state index contributed by atoms with van der Waals surface area (Å²) in [6, 6.07) is 11.6. The van der Waals surface area contributed by atoms with Gasteiger partial charge in [0.15, 0.2) is 0 Å². The topological polar surface area (TPSA) is 88.0 Å². The lowest BCUT2D eigenvalue weighted by molar-refractivity contribution is 0.290. The van der Waals surface area contributed by atoms with E-state index in [0.717, 1.165) is 54.3 Å². The third kappa shape index (κ3) is 3.45. The molecule has 1 aromatic carbocycles. The van der Waals surface area contributed by atoms with E-state index in [2.05, 4.69) is 49.5 Å². The van der Waals surface area contributed by atoms with Crippen molar-refractivity contribution in [3.8, 4) is 0 Å². The Hall–Kier alpha value is -3.32. The number of rotatable bonds is 5. The molecule has 1 saturated carbocycles. The van der Waals surface area contributed by atoms with Crippen molar-refractivity contribution in [2.24, 2.45) is 4.99 Å². The Morgan fingerprint density at radius 2 is 1.97 bits per heavy atom. The largest absolute Gasteiger partial charge is 0.346 e. The standard InChI is InChI=1S/C24H24N6O/c31-22-14-28-21-13-29-24-19(8-9-25-24)23(21)30(22)18-6-4-17(5-7-18)26-11-15-2-1-3-16(10-15)20-12-27-20/h1-3,8-10,12-14,17-18,20,26H,4-7,11H2,(H,25,29). The molecule has 7 nitrogen and oxygen atoms in total. The number of benzene rings is 1. The van der Waals surface area contributed by atoms with E-state index in [1.54, 1.807) is 6.20 Å². The lowest BCUT2D eigenvalue weighted by Crippen LogP contribution is -2.35. The zero-order valence-corrected chi connectivity index (χ0v) is 17.2. The molecule has 156 valence electrons. The minimum Gasteiger partial charge on any atom is -0.346 e. The van der Waals surface area contributed by atoms with Gasteiger partial charge in [0.1, 0.15) is 17.2 Å². The molecule has 0 amide bonds. The van der Waals surface area contributed by atoms with Crippen molar-refractivity contribution < 1.29 is 0 Å². The highest BCUT2D eigenvalue weighted by atomic mass is 16.1. The molecular weight excluding hydrogens is 388 g/mol. The SMILES string of the molecule is O=c1cnc2cnc3[nH]ccc3c2n1C1CCC(NCc2cccc(C3C=N3)c2)CC1. The van der Waals surface area contributed by atoms with Gasteiger partial charge in [-0.15, -0.1) is 0 Å². The first-order valence-electron chi connectivity index (χ1n) is 10.9. The minimum atomic E-state index is -0.0308. The van der Waals surface area contributed by atoms with Gasteiger partial charge in [-0.3, -0.25) is 9.79 Å². The molecule has 7 heteroatoms. The maximum Gasteiger partial charge on any atom is 0.269 e. The lowest BCUT2D eigenvalue weighted by atomic mass is 9.90.